The van der Waals surface area contributed by atoms with Gasteiger partial charge in [-0.05, 0) is 17.7 Å². The van der Waals surface area contributed by atoms with Gasteiger partial charge < -0.3 is 10.5 Å². The predicted molar refractivity (Wildman–Crippen MR) is 85.3 cm³/mol. The Morgan fingerprint density at radius 2 is 2.00 bits per heavy atom. The summed E-state index contributed by atoms with van der Waals surface area (Å²) in [5.74, 6) is 0.421. The Bertz CT molecular complexity index is 973. The van der Waals surface area contributed by atoms with E-state index in [1.54, 1.807) is 18.6 Å². The molecule has 0 saturated heterocycles. The largest absolute Gasteiger partial charge is 0.438 e. The Kier molecular flexibility index (Phi) is 2.95. The molecule has 5 heteroatoms. The van der Waals surface area contributed by atoms with E-state index in [0.717, 1.165) is 22.0 Å². The molecule has 5 nitrogen and oxygen atoms in total. The van der Waals surface area contributed by atoms with Crippen molar-refractivity contribution in [2.24, 2.45) is 5.73 Å². The number of rotatable bonds is 1. The summed E-state index contributed by atoms with van der Waals surface area (Å²) in [6.45, 7) is 0. The molecule has 0 aliphatic carbocycles. The van der Waals surface area contributed by atoms with Crippen LogP contribution in [0.15, 0.2) is 66.4 Å². The molecule has 110 valence electrons. The molecule has 3 heterocycles. The number of nitriles is 1. The number of nitrogens with two attached hydrogens (primary N) is 1. The summed E-state index contributed by atoms with van der Waals surface area (Å²) in [7, 11) is 0. The van der Waals surface area contributed by atoms with E-state index in [0.29, 0.717) is 11.3 Å². The van der Waals surface area contributed by atoms with E-state index in [2.05, 4.69) is 16.0 Å². The molecule has 0 radical (unpaired) electrons. The van der Waals surface area contributed by atoms with Gasteiger partial charge in [-0.2, -0.15) is 5.26 Å². The van der Waals surface area contributed by atoms with Crippen LogP contribution < -0.4 is 10.5 Å². The van der Waals surface area contributed by atoms with Crippen molar-refractivity contribution in [2.75, 3.05) is 0 Å². The second kappa shape index (κ2) is 5.11. The monoisotopic (exact) mass is 300 g/mol. The SMILES string of the molecule is N#CC1=C(N)Oc2c(ccc3cccnc23)[C@H]1c1cccnc1. The van der Waals surface area contributed by atoms with Crippen LogP contribution in [-0.4, -0.2) is 9.97 Å². The highest BCUT2D eigenvalue weighted by atomic mass is 16.5. The molecular formula is C18H12N4O. The zero-order valence-corrected chi connectivity index (χ0v) is 12.1. The molecule has 1 aliphatic rings. The number of aromatic nitrogens is 2. The first-order chi connectivity index (χ1) is 11.3. The highest BCUT2D eigenvalue weighted by molar-refractivity contribution is 5.87. The van der Waals surface area contributed by atoms with Gasteiger partial charge in [0.25, 0.3) is 0 Å². The van der Waals surface area contributed by atoms with Crippen LogP contribution in [0.1, 0.15) is 17.0 Å². The molecule has 0 unspecified atom stereocenters. The molecule has 2 aromatic heterocycles. The van der Waals surface area contributed by atoms with Gasteiger partial charge in [0, 0.05) is 29.5 Å². The Labute approximate surface area is 132 Å². The molecule has 0 amide bonds. The molecule has 0 spiro atoms. The van der Waals surface area contributed by atoms with Gasteiger partial charge in [-0.25, -0.2) is 0 Å². The summed E-state index contributed by atoms with van der Waals surface area (Å²) in [5, 5.41) is 10.5. The molecule has 1 atom stereocenters. The quantitative estimate of drug-likeness (QED) is 0.747. The third-order valence-corrected chi connectivity index (χ3v) is 3.97. The lowest BCUT2D eigenvalue weighted by molar-refractivity contribution is 0.397. The second-order valence-corrected chi connectivity index (χ2v) is 5.27. The Balaban J connectivity index is 2.03. The van der Waals surface area contributed by atoms with Gasteiger partial charge in [0.1, 0.15) is 17.2 Å². The van der Waals surface area contributed by atoms with Crippen molar-refractivity contribution in [2.45, 2.75) is 5.92 Å². The second-order valence-electron chi connectivity index (χ2n) is 5.27. The van der Waals surface area contributed by atoms with E-state index in [1.165, 1.54) is 0 Å². The molecule has 23 heavy (non-hydrogen) atoms. The number of nitrogens with zero attached hydrogens (tertiary/aromatic N) is 3. The van der Waals surface area contributed by atoms with Crippen LogP contribution in [0.3, 0.4) is 0 Å². The molecule has 1 aromatic carbocycles. The fraction of sp³-hybridized carbons (Fsp3) is 0.0556. The van der Waals surface area contributed by atoms with Gasteiger partial charge in [-0.1, -0.05) is 24.3 Å². The van der Waals surface area contributed by atoms with Gasteiger partial charge in [0.15, 0.2) is 5.75 Å². The summed E-state index contributed by atoms with van der Waals surface area (Å²) in [6.07, 6.45) is 5.16. The van der Waals surface area contributed by atoms with Crippen molar-refractivity contribution < 1.29 is 4.74 Å². The van der Waals surface area contributed by atoms with Crippen LogP contribution in [0, 0.1) is 11.3 Å². The van der Waals surface area contributed by atoms with Crippen molar-refractivity contribution in [3.63, 3.8) is 0 Å². The molecule has 0 saturated carbocycles. The van der Waals surface area contributed by atoms with Crippen molar-refractivity contribution in [3.05, 3.63) is 77.6 Å². The van der Waals surface area contributed by atoms with E-state index in [1.807, 2.05) is 36.4 Å². The highest BCUT2D eigenvalue weighted by Crippen LogP contribution is 2.44. The van der Waals surface area contributed by atoms with E-state index < -0.39 is 0 Å². The zero-order chi connectivity index (χ0) is 15.8. The van der Waals surface area contributed by atoms with Crippen LogP contribution in [0.5, 0.6) is 5.75 Å². The van der Waals surface area contributed by atoms with Crippen LogP contribution in [0.4, 0.5) is 0 Å². The number of benzene rings is 1. The summed E-state index contributed by atoms with van der Waals surface area (Å²) in [4.78, 5) is 8.57. The van der Waals surface area contributed by atoms with Gasteiger partial charge in [-0.3, -0.25) is 9.97 Å². The first-order valence-electron chi connectivity index (χ1n) is 7.14. The summed E-state index contributed by atoms with van der Waals surface area (Å²) < 4.78 is 5.75. The van der Waals surface area contributed by atoms with Crippen LogP contribution >= 0.6 is 0 Å². The van der Waals surface area contributed by atoms with Crippen LogP contribution in [0.2, 0.25) is 0 Å². The van der Waals surface area contributed by atoms with Crippen molar-refractivity contribution in [1.29, 1.82) is 5.26 Å². The number of fused-ring (bicyclic) bond motifs is 3. The maximum Gasteiger partial charge on any atom is 0.205 e. The number of ether oxygens (including phenoxy) is 1. The normalized spacial score (nSPS) is 16.6. The van der Waals surface area contributed by atoms with Gasteiger partial charge in [0.05, 0.1) is 5.92 Å². The molecule has 0 bridgehead atoms. The average Bonchev–Trinajstić information content (AvgIpc) is 2.61. The topological polar surface area (TPSA) is 84.8 Å². The number of pyridine rings is 2. The first kappa shape index (κ1) is 13.3. The predicted octanol–water partition coefficient (Wildman–Crippen LogP) is 2.85. The number of hydrogen-bond acceptors (Lipinski definition) is 5. The molecule has 2 N–H and O–H groups in total. The molecular weight excluding hydrogens is 288 g/mol. The Morgan fingerprint density at radius 3 is 2.78 bits per heavy atom. The lowest BCUT2D eigenvalue weighted by atomic mass is 9.84. The van der Waals surface area contributed by atoms with Gasteiger partial charge in [0.2, 0.25) is 5.88 Å². The standard InChI is InChI=1S/C18H12N4O/c19-9-14-15(12-4-1-7-21-10-12)13-6-5-11-3-2-8-22-16(11)17(13)23-18(14)20/h1-8,10,15H,20H2/t15-/m1/s1. The fourth-order valence-electron chi connectivity index (χ4n) is 2.94. The van der Waals surface area contributed by atoms with Gasteiger partial charge in [-0.15, -0.1) is 0 Å². The summed E-state index contributed by atoms with van der Waals surface area (Å²) in [6, 6.07) is 13.7. The Morgan fingerprint density at radius 1 is 1.13 bits per heavy atom. The molecule has 1 aliphatic heterocycles. The van der Waals surface area contributed by atoms with Crippen molar-refractivity contribution in [3.8, 4) is 11.8 Å². The lowest BCUT2D eigenvalue weighted by Crippen LogP contribution is -2.21. The molecule has 3 aromatic rings. The summed E-state index contributed by atoms with van der Waals surface area (Å²) in [5.41, 5.74) is 8.90. The fourth-order valence-corrected chi connectivity index (χ4v) is 2.94. The minimum atomic E-state index is -0.302. The number of hydrogen-bond donors (Lipinski definition) is 1. The van der Waals surface area contributed by atoms with Crippen LogP contribution in [-0.2, 0) is 0 Å². The smallest absolute Gasteiger partial charge is 0.205 e. The third kappa shape index (κ3) is 2.00. The van der Waals surface area contributed by atoms with Gasteiger partial charge >= 0.3 is 0 Å². The van der Waals surface area contributed by atoms with Crippen molar-refractivity contribution >= 4 is 10.9 Å². The first-order valence-corrected chi connectivity index (χ1v) is 7.14. The highest BCUT2D eigenvalue weighted by Gasteiger charge is 2.32. The Hall–Kier alpha value is -3.39. The molecule has 0 fully saturated rings. The minimum Gasteiger partial charge on any atom is -0.438 e. The number of allylic oxidation sites excluding steroid dienone is 1. The van der Waals surface area contributed by atoms with Crippen molar-refractivity contribution in [1.82, 2.24) is 9.97 Å². The minimum absolute atomic E-state index is 0.118. The average molecular weight is 300 g/mol. The van der Waals surface area contributed by atoms with E-state index in [-0.39, 0.29) is 11.8 Å². The van der Waals surface area contributed by atoms with E-state index in [4.69, 9.17) is 10.5 Å². The van der Waals surface area contributed by atoms with E-state index in [9.17, 15) is 5.26 Å². The maximum atomic E-state index is 9.53. The molecule has 4 rings (SSSR count). The summed E-state index contributed by atoms with van der Waals surface area (Å²) >= 11 is 0. The van der Waals surface area contributed by atoms with E-state index >= 15 is 0 Å². The maximum absolute atomic E-state index is 9.53. The zero-order valence-electron chi connectivity index (χ0n) is 12.1. The van der Waals surface area contributed by atoms with Crippen LogP contribution in [0.25, 0.3) is 10.9 Å². The lowest BCUT2D eigenvalue weighted by Gasteiger charge is -2.26. The third-order valence-electron chi connectivity index (χ3n) is 3.97.